The SMILES string of the molecule is NC(=O)c1nc(-c2ccncc2)nc2c1[nH]c(=O)n2-c1ccccc1F. The van der Waals surface area contributed by atoms with Crippen LogP contribution in [-0.4, -0.2) is 30.4 Å². The number of fused-ring (bicyclic) bond motifs is 1. The van der Waals surface area contributed by atoms with Crippen molar-refractivity contribution in [1.29, 1.82) is 0 Å². The van der Waals surface area contributed by atoms with Gasteiger partial charge < -0.3 is 10.7 Å². The number of imidazole rings is 1. The van der Waals surface area contributed by atoms with E-state index < -0.39 is 17.4 Å². The van der Waals surface area contributed by atoms with Crippen LogP contribution in [0.3, 0.4) is 0 Å². The minimum atomic E-state index is -0.838. The zero-order valence-corrected chi connectivity index (χ0v) is 13.2. The van der Waals surface area contributed by atoms with Crippen LogP contribution in [0.15, 0.2) is 53.6 Å². The van der Waals surface area contributed by atoms with E-state index in [-0.39, 0.29) is 28.4 Å². The number of para-hydroxylation sites is 1. The van der Waals surface area contributed by atoms with Gasteiger partial charge in [0.15, 0.2) is 17.2 Å². The molecule has 4 aromatic rings. The summed E-state index contributed by atoms with van der Waals surface area (Å²) in [5, 5.41) is 0. The van der Waals surface area contributed by atoms with E-state index in [2.05, 4.69) is 19.9 Å². The molecule has 0 atom stereocenters. The smallest absolute Gasteiger partial charge is 0.332 e. The number of aromatic nitrogens is 5. The van der Waals surface area contributed by atoms with Crippen molar-refractivity contribution in [1.82, 2.24) is 24.5 Å². The molecule has 0 fully saturated rings. The summed E-state index contributed by atoms with van der Waals surface area (Å²) in [4.78, 5) is 39.2. The Balaban J connectivity index is 2.11. The standard InChI is InChI=1S/C17H11FN6O2/c18-10-3-1-2-4-11(10)24-16-13(22-17(24)26)12(14(19)25)21-15(23-16)9-5-7-20-8-6-9/h1-8H,(H2,19,25)(H,22,26). The van der Waals surface area contributed by atoms with E-state index >= 15 is 0 Å². The van der Waals surface area contributed by atoms with Gasteiger partial charge in [0.25, 0.3) is 5.91 Å². The number of amides is 1. The van der Waals surface area contributed by atoms with Gasteiger partial charge in [-0.1, -0.05) is 12.1 Å². The molecule has 0 saturated carbocycles. The monoisotopic (exact) mass is 350 g/mol. The number of halogens is 1. The summed E-state index contributed by atoms with van der Waals surface area (Å²) in [5.74, 6) is -1.28. The fraction of sp³-hybridized carbons (Fsp3) is 0. The average Bonchev–Trinajstić information content (AvgIpc) is 2.97. The third kappa shape index (κ3) is 2.42. The summed E-state index contributed by atoms with van der Waals surface area (Å²) in [6.45, 7) is 0. The quantitative estimate of drug-likeness (QED) is 0.579. The highest BCUT2D eigenvalue weighted by Gasteiger charge is 2.21. The molecule has 128 valence electrons. The Labute approximate surface area is 145 Å². The van der Waals surface area contributed by atoms with Gasteiger partial charge >= 0.3 is 5.69 Å². The van der Waals surface area contributed by atoms with Gasteiger partial charge in [0.05, 0.1) is 5.69 Å². The molecule has 0 saturated heterocycles. The Morgan fingerprint density at radius 3 is 2.54 bits per heavy atom. The second-order valence-corrected chi connectivity index (χ2v) is 5.41. The molecule has 0 aliphatic rings. The van der Waals surface area contributed by atoms with Crippen molar-refractivity contribution in [2.45, 2.75) is 0 Å². The van der Waals surface area contributed by atoms with E-state index in [4.69, 9.17) is 5.73 Å². The van der Waals surface area contributed by atoms with Crippen molar-refractivity contribution in [3.8, 4) is 17.1 Å². The Bertz CT molecular complexity index is 1200. The number of H-pyrrole nitrogens is 1. The van der Waals surface area contributed by atoms with E-state index in [1.165, 1.54) is 30.6 Å². The maximum absolute atomic E-state index is 14.2. The lowest BCUT2D eigenvalue weighted by molar-refractivity contribution is 0.0997. The molecule has 1 amide bonds. The van der Waals surface area contributed by atoms with E-state index in [1.807, 2.05) is 0 Å². The molecule has 9 heteroatoms. The molecule has 3 heterocycles. The molecule has 26 heavy (non-hydrogen) atoms. The van der Waals surface area contributed by atoms with Crippen LogP contribution >= 0.6 is 0 Å². The summed E-state index contributed by atoms with van der Waals surface area (Å²) in [6, 6.07) is 9.03. The van der Waals surface area contributed by atoms with Crippen molar-refractivity contribution in [3.63, 3.8) is 0 Å². The molecule has 0 aliphatic carbocycles. The predicted molar refractivity (Wildman–Crippen MR) is 91.2 cm³/mol. The highest BCUT2D eigenvalue weighted by atomic mass is 19.1. The van der Waals surface area contributed by atoms with Crippen LogP contribution in [0.5, 0.6) is 0 Å². The van der Waals surface area contributed by atoms with Crippen LogP contribution in [0.25, 0.3) is 28.2 Å². The number of hydrogen-bond donors (Lipinski definition) is 2. The number of aromatic amines is 1. The molecule has 1 aromatic carbocycles. The third-order valence-corrected chi connectivity index (χ3v) is 3.80. The number of nitrogens with zero attached hydrogens (tertiary/aromatic N) is 4. The zero-order valence-electron chi connectivity index (χ0n) is 13.2. The first kappa shape index (κ1) is 15.6. The minimum Gasteiger partial charge on any atom is -0.364 e. The van der Waals surface area contributed by atoms with Crippen LogP contribution in [0.4, 0.5) is 4.39 Å². The highest BCUT2D eigenvalue weighted by Crippen LogP contribution is 2.22. The Kier molecular flexibility index (Phi) is 3.54. The number of benzene rings is 1. The van der Waals surface area contributed by atoms with Gasteiger partial charge in [-0.15, -0.1) is 0 Å². The summed E-state index contributed by atoms with van der Waals surface area (Å²) in [7, 11) is 0. The van der Waals surface area contributed by atoms with Gasteiger partial charge in [0.2, 0.25) is 0 Å². The van der Waals surface area contributed by atoms with Crippen LogP contribution in [-0.2, 0) is 0 Å². The molecule has 8 nitrogen and oxygen atoms in total. The van der Waals surface area contributed by atoms with Gasteiger partial charge in [0, 0.05) is 18.0 Å². The average molecular weight is 350 g/mol. The van der Waals surface area contributed by atoms with Crippen LogP contribution in [0.1, 0.15) is 10.5 Å². The number of pyridine rings is 1. The molecule has 3 N–H and O–H groups in total. The fourth-order valence-electron chi connectivity index (χ4n) is 2.65. The van der Waals surface area contributed by atoms with Gasteiger partial charge in [0.1, 0.15) is 11.3 Å². The largest absolute Gasteiger partial charge is 0.364 e. The summed E-state index contributed by atoms with van der Waals surface area (Å²) < 4.78 is 15.3. The topological polar surface area (TPSA) is 120 Å². The molecular formula is C17H11FN6O2. The molecule has 0 bridgehead atoms. The molecule has 0 spiro atoms. The number of nitrogens with one attached hydrogen (secondary N) is 1. The second kappa shape index (κ2) is 5.88. The first-order valence-electron chi connectivity index (χ1n) is 7.54. The van der Waals surface area contributed by atoms with Gasteiger partial charge in [-0.05, 0) is 24.3 Å². The van der Waals surface area contributed by atoms with Crippen LogP contribution < -0.4 is 11.4 Å². The number of carbonyl (C=O) groups is 1. The summed E-state index contributed by atoms with van der Waals surface area (Å²) in [6.07, 6.45) is 3.07. The third-order valence-electron chi connectivity index (χ3n) is 3.80. The van der Waals surface area contributed by atoms with E-state index in [0.29, 0.717) is 5.56 Å². The Morgan fingerprint density at radius 1 is 1.12 bits per heavy atom. The predicted octanol–water partition coefficient (Wildman–Crippen LogP) is 1.41. The van der Waals surface area contributed by atoms with Crippen LogP contribution in [0, 0.1) is 5.82 Å². The Morgan fingerprint density at radius 2 is 1.85 bits per heavy atom. The van der Waals surface area contributed by atoms with Crippen molar-refractivity contribution in [2.24, 2.45) is 5.73 Å². The highest BCUT2D eigenvalue weighted by molar-refractivity contribution is 6.02. The Hall–Kier alpha value is -3.88. The summed E-state index contributed by atoms with van der Waals surface area (Å²) >= 11 is 0. The molecule has 4 rings (SSSR count). The number of carbonyl (C=O) groups excluding carboxylic acids is 1. The maximum atomic E-state index is 14.2. The number of primary amides is 1. The minimum absolute atomic E-state index is 0.00134. The van der Waals surface area contributed by atoms with Crippen LogP contribution in [0.2, 0.25) is 0 Å². The van der Waals surface area contributed by atoms with Gasteiger partial charge in [-0.2, -0.15) is 0 Å². The van der Waals surface area contributed by atoms with E-state index in [1.54, 1.807) is 18.2 Å². The van der Waals surface area contributed by atoms with Gasteiger partial charge in [-0.25, -0.2) is 23.7 Å². The molecule has 0 unspecified atom stereocenters. The van der Waals surface area contributed by atoms with E-state index in [0.717, 1.165) is 4.57 Å². The normalized spacial score (nSPS) is 11.0. The number of hydrogen-bond acceptors (Lipinski definition) is 5. The summed E-state index contributed by atoms with van der Waals surface area (Å²) in [5.41, 5.74) is 5.25. The second-order valence-electron chi connectivity index (χ2n) is 5.41. The van der Waals surface area contributed by atoms with Crippen molar-refractivity contribution in [2.75, 3.05) is 0 Å². The molecule has 0 radical (unpaired) electrons. The molecule has 0 aliphatic heterocycles. The number of rotatable bonds is 3. The lowest BCUT2D eigenvalue weighted by Crippen LogP contribution is -2.16. The fourth-order valence-corrected chi connectivity index (χ4v) is 2.65. The van der Waals surface area contributed by atoms with Crippen molar-refractivity contribution >= 4 is 17.1 Å². The lowest BCUT2D eigenvalue weighted by atomic mass is 10.2. The lowest BCUT2D eigenvalue weighted by Gasteiger charge is -2.07. The van der Waals surface area contributed by atoms with Crippen molar-refractivity contribution < 1.29 is 9.18 Å². The molecule has 3 aromatic heterocycles. The first-order chi connectivity index (χ1) is 12.6. The first-order valence-corrected chi connectivity index (χ1v) is 7.54. The van der Waals surface area contributed by atoms with Crippen molar-refractivity contribution in [3.05, 3.63) is 70.8 Å². The van der Waals surface area contributed by atoms with E-state index in [9.17, 15) is 14.0 Å². The number of nitrogens with two attached hydrogens (primary N) is 1. The maximum Gasteiger partial charge on any atom is 0.332 e. The zero-order chi connectivity index (χ0) is 18.3. The molecular weight excluding hydrogens is 339 g/mol. The van der Waals surface area contributed by atoms with Gasteiger partial charge in [-0.3, -0.25) is 9.78 Å².